The molecule has 0 N–H and O–H groups in total. The average Bonchev–Trinajstić information content (AvgIpc) is 3.34. The maximum absolute atomic E-state index is 12.3. The maximum Gasteiger partial charge on any atom is 0.414 e. The zero-order valence-electron chi connectivity index (χ0n) is 16.6. The zero-order valence-corrected chi connectivity index (χ0v) is 18.2. The van der Waals surface area contributed by atoms with Crippen LogP contribution in [0.1, 0.15) is 25.3 Å². The maximum atomic E-state index is 12.3. The number of rotatable bonds is 8. The minimum Gasteiger partial charge on any atom is -0.462 e. The molecule has 1 saturated heterocycles. The summed E-state index contributed by atoms with van der Waals surface area (Å²) in [4.78, 5) is 30.1. The number of ether oxygens (including phenoxy) is 2. The molecular formula is C22H22N2O4S2. The van der Waals surface area contributed by atoms with E-state index in [1.165, 1.54) is 5.56 Å². The standard InChI is InChI=1S/C22H22N2O4S2/c1-2-6-20(25)27-13-17-12-24(22(26)28-17)16-9-10-18-19(11-16)30-21(23-18)29-14-15-7-4-3-5-8-15/h3-5,7-11,17H,2,6,12-14H2,1H3/t17-/m1/s1. The lowest BCUT2D eigenvalue weighted by Gasteiger charge is -2.12. The highest BCUT2D eigenvalue weighted by molar-refractivity contribution is 8.00. The zero-order chi connectivity index (χ0) is 20.9. The molecule has 1 fully saturated rings. The smallest absolute Gasteiger partial charge is 0.414 e. The number of nitrogens with zero attached hydrogens (tertiary/aromatic N) is 2. The van der Waals surface area contributed by atoms with Gasteiger partial charge in [0.15, 0.2) is 10.4 Å². The van der Waals surface area contributed by atoms with Gasteiger partial charge in [-0.1, -0.05) is 49.0 Å². The van der Waals surface area contributed by atoms with E-state index in [-0.39, 0.29) is 12.6 Å². The number of esters is 1. The molecule has 0 saturated carbocycles. The van der Waals surface area contributed by atoms with Crippen molar-refractivity contribution in [2.45, 2.75) is 36.0 Å². The number of carbonyl (C=O) groups is 2. The molecule has 2 aromatic carbocycles. The first-order valence-electron chi connectivity index (χ1n) is 9.83. The van der Waals surface area contributed by atoms with Gasteiger partial charge in [0.1, 0.15) is 6.61 Å². The van der Waals surface area contributed by atoms with Crippen LogP contribution in [0.3, 0.4) is 0 Å². The van der Waals surface area contributed by atoms with E-state index < -0.39 is 12.2 Å². The topological polar surface area (TPSA) is 68.7 Å². The number of hydrogen-bond donors (Lipinski definition) is 0. The van der Waals surface area contributed by atoms with E-state index in [4.69, 9.17) is 9.47 Å². The van der Waals surface area contributed by atoms with Gasteiger partial charge in [-0.05, 0) is 30.2 Å². The number of aromatic nitrogens is 1. The highest BCUT2D eigenvalue weighted by atomic mass is 32.2. The number of carbonyl (C=O) groups excluding carboxylic acids is 2. The number of anilines is 1. The van der Waals surface area contributed by atoms with Crippen molar-refractivity contribution in [3.05, 3.63) is 54.1 Å². The molecule has 6 nitrogen and oxygen atoms in total. The number of benzene rings is 2. The van der Waals surface area contributed by atoms with E-state index in [9.17, 15) is 9.59 Å². The number of cyclic esters (lactones) is 1. The summed E-state index contributed by atoms with van der Waals surface area (Å²) < 4.78 is 12.6. The molecule has 8 heteroatoms. The van der Waals surface area contributed by atoms with E-state index in [0.29, 0.717) is 13.0 Å². The molecule has 1 aliphatic heterocycles. The summed E-state index contributed by atoms with van der Waals surface area (Å²) in [5.41, 5.74) is 2.93. The number of fused-ring (bicyclic) bond motifs is 1. The van der Waals surface area contributed by atoms with Crippen LogP contribution in [0.4, 0.5) is 10.5 Å². The molecule has 4 rings (SSSR count). The molecule has 1 atom stereocenters. The van der Waals surface area contributed by atoms with Crippen LogP contribution in [-0.4, -0.2) is 36.3 Å². The number of thioether (sulfide) groups is 1. The molecule has 3 aromatic rings. The molecule has 0 spiro atoms. The van der Waals surface area contributed by atoms with E-state index in [1.54, 1.807) is 28.0 Å². The molecule has 0 unspecified atom stereocenters. The number of thiazole rings is 1. The van der Waals surface area contributed by atoms with Crippen molar-refractivity contribution in [2.75, 3.05) is 18.1 Å². The number of hydrogen-bond acceptors (Lipinski definition) is 7. The molecule has 2 heterocycles. The molecule has 1 aromatic heterocycles. The lowest BCUT2D eigenvalue weighted by Crippen LogP contribution is -2.26. The van der Waals surface area contributed by atoms with Gasteiger partial charge in [0, 0.05) is 17.9 Å². The van der Waals surface area contributed by atoms with E-state index in [2.05, 4.69) is 17.1 Å². The van der Waals surface area contributed by atoms with Crippen LogP contribution < -0.4 is 4.90 Å². The summed E-state index contributed by atoms with van der Waals surface area (Å²) in [7, 11) is 0. The summed E-state index contributed by atoms with van der Waals surface area (Å²) in [5, 5.41) is 0. The Labute approximate surface area is 183 Å². The van der Waals surface area contributed by atoms with Crippen LogP contribution in [0, 0.1) is 0 Å². The predicted octanol–water partition coefficient (Wildman–Crippen LogP) is 5.26. The summed E-state index contributed by atoms with van der Waals surface area (Å²) in [6, 6.07) is 16.1. The minimum absolute atomic E-state index is 0.0874. The summed E-state index contributed by atoms with van der Waals surface area (Å²) >= 11 is 3.32. The highest BCUT2D eigenvalue weighted by Crippen LogP contribution is 2.34. The van der Waals surface area contributed by atoms with Crippen LogP contribution in [0.2, 0.25) is 0 Å². The third-order valence-electron chi connectivity index (χ3n) is 4.63. The SMILES string of the molecule is CCCC(=O)OC[C@H]1CN(c2ccc3nc(SCc4ccccc4)sc3c2)C(=O)O1. The first-order valence-corrected chi connectivity index (χ1v) is 11.6. The molecule has 0 radical (unpaired) electrons. The predicted molar refractivity (Wildman–Crippen MR) is 119 cm³/mol. The second kappa shape index (κ2) is 9.49. The Hall–Kier alpha value is -2.58. The van der Waals surface area contributed by atoms with Crippen LogP contribution >= 0.6 is 23.1 Å². The quantitative estimate of drug-likeness (QED) is 0.350. The normalized spacial score (nSPS) is 16.1. The minimum atomic E-state index is -0.451. The Bertz CT molecular complexity index is 1040. The number of amides is 1. The van der Waals surface area contributed by atoms with Crippen molar-refractivity contribution in [3.8, 4) is 0 Å². The Kier molecular flexibility index (Phi) is 6.54. The fourth-order valence-corrected chi connectivity index (χ4v) is 5.18. The van der Waals surface area contributed by atoms with Crippen LogP contribution in [0.25, 0.3) is 10.2 Å². The van der Waals surface area contributed by atoms with Crippen molar-refractivity contribution in [1.82, 2.24) is 4.98 Å². The van der Waals surface area contributed by atoms with Gasteiger partial charge in [0.2, 0.25) is 0 Å². The van der Waals surface area contributed by atoms with E-state index in [0.717, 1.165) is 32.4 Å². The van der Waals surface area contributed by atoms with Gasteiger partial charge in [-0.3, -0.25) is 9.69 Å². The van der Waals surface area contributed by atoms with Gasteiger partial charge in [-0.2, -0.15) is 0 Å². The second-order valence-corrected chi connectivity index (χ2v) is 9.21. The fraction of sp³-hybridized carbons (Fsp3) is 0.318. The van der Waals surface area contributed by atoms with Crippen molar-refractivity contribution in [2.24, 2.45) is 0 Å². The Morgan fingerprint density at radius 1 is 1.30 bits per heavy atom. The third kappa shape index (κ3) is 4.94. The molecule has 0 bridgehead atoms. The van der Waals surface area contributed by atoms with Gasteiger partial charge >= 0.3 is 12.1 Å². The largest absolute Gasteiger partial charge is 0.462 e. The third-order valence-corrected chi connectivity index (χ3v) is 6.86. The van der Waals surface area contributed by atoms with Gasteiger partial charge < -0.3 is 9.47 Å². The van der Waals surface area contributed by atoms with E-state index in [1.807, 2.05) is 43.3 Å². The van der Waals surface area contributed by atoms with Crippen LogP contribution in [0.15, 0.2) is 52.9 Å². The molecule has 1 aliphatic rings. The van der Waals surface area contributed by atoms with Gasteiger partial charge in [0.25, 0.3) is 0 Å². The lowest BCUT2D eigenvalue weighted by molar-refractivity contribution is -0.146. The van der Waals surface area contributed by atoms with E-state index >= 15 is 0 Å². The highest BCUT2D eigenvalue weighted by Gasteiger charge is 2.33. The fourth-order valence-electron chi connectivity index (χ4n) is 3.12. The van der Waals surface area contributed by atoms with Gasteiger partial charge in [0.05, 0.1) is 16.8 Å². The molecule has 1 amide bonds. The molecule has 156 valence electrons. The monoisotopic (exact) mass is 442 g/mol. The summed E-state index contributed by atoms with van der Waals surface area (Å²) in [6.45, 7) is 2.36. The molecule has 30 heavy (non-hydrogen) atoms. The average molecular weight is 443 g/mol. The van der Waals surface area contributed by atoms with Crippen LogP contribution in [0.5, 0.6) is 0 Å². The Morgan fingerprint density at radius 3 is 2.93 bits per heavy atom. The Balaban J connectivity index is 1.40. The second-order valence-electron chi connectivity index (χ2n) is 6.96. The van der Waals surface area contributed by atoms with Crippen molar-refractivity contribution in [1.29, 1.82) is 0 Å². The first-order chi connectivity index (χ1) is 14.6. The summed E-state index contributed by atoms with van der Waals surface area (Å²) in [6.07, 6.45) is 0.231. The lowest BCUT2D eigenvalue weighted by atomic mass is 10.2. The first kappa shape index (κ1) is 20.7. The van der Waals surface area contributed by atoms with Crippen molar-refractivity contribution in [3.63, 3.8) is 0 Å². The van der Waals surface area contributed by atoms with Crippen molar-refractivity contribution < 1.29 is 19.1 Å². The molecule has 0 aliphatic carbocycles. The molecular weight excluding hydrogens is 420 g/mol. The van der Waals surface area contributed by atoms with Gasteiger partial charge in [-0.15, -0.1) is 11.3 Å². The van der Waals surface area contributed by atoms with Crippen molar-refractivity contribution >= 4 is 51.1 Å². The van der Waals surface area contributed by atoms with Gasteiger partial charge in [-0.25, -0.2) is 9.78 Å². The summed E-state index contributed by atoms with van der Waals surface area (Å²) in [5.74, 6) is 0.600. The van der Waals surface area contributed by atoms with Crippen LogP contribution in [-0.2, 0) is 20.0 Å². The Morgan fingerprint density at radius 2 is 2.13 bits per heavy atom.